The van der Waals surface area contributed by atoms with Crippen molar-refractivity contribution in [3.63, 3.8) is 0 Å². The lowest BCUT2D eigenvalue weighted by molar-refractivity contribution is -0.161. The van der Waals surface area contributed by atoms with Crippen molar-refractivity contribution in [1.29, 1.82) is 0 Å². The van der Waals surface area contributed by atoms with Crippen molar-refractivity contribution in [3.05, 3.63) is 36.5 Å². The molecule has 1 unspecified atom stereocenters. The van der Waals surface area contributed by atoms with Gasteiger partial charge >= 0.3 is 11.9 Å². The number of aliphatic hydroxyl groups excluding tert-OH is 2. The minimum absolute atomic E-state index is 0.132. The van der Waals surface area contributed by atoms with Gasteiger partial charge in [-0.1, -0.05) is 134 Å². The van der Waals surface area contributed by atoms with E-state index in [0.717, 1.165) is 32.1 Å². The second kappa shape index (κ2) is 31.0. The highest BCUT2D eigenvalue weighted by atomic mass is 16.6. The summed E-state index contributed by atoms with van der Waals surface area (Å²) in [5, 5.41) is 19.6. The maximum atomic E-state index is 12.1. The maximum Gasteiger partial charge on any atom is 0.306 e. The van der Waals surface area contributed by atoms with Crippen LogP contribution < -0.4 is 0 Å². The van der Waals surface area contributed by atoms with Crippen molar-refractivity contribution >= 4 is 11.9 Å². The average molecular weight is 579 g/mol. The third kappa shape index (κ3) is 29.4. The average Bonchev–Trinajstić information content (AvgIpc) is 2.96. The molecule has 0 spiro atoms. The van der Waals surface area contributed by atoms with Crippen LogP contribution in [0.25, 0.3) is 0 Å². The maximum absolute atomic E-state index is 12.1. The van der Waals surface area contributed by atoms with E-state index in [-0.39, 0.29) is 19.0 Å². The van der Waals surface area contributed by atoms with E-state index in [1.165, 1.54) is 77.0 Å². The Bertz CT molecular complexity index is 684. The van der Waals surface area contributed by atoms with Gasteiger partial charge in [-0.25, -0.2) is 0 Å². The summed E-state index contributed by atoms with van der Waals surface area (Å²) in [4.78, 5) is 24.0. The zero-order chi connectivity index (χ0) is 30.2. The molecule has 0 aromatic heterocycles. The van der Waals surface area contributed by atoms with Crippen LogP contribution in [-0.2, 0) is 19.1 Å². The Balaban J connectivity index is 3.82. The second-order valence-corrected chi connectivity index (χ2v) is 11.1. The van der Waals surface area contributed by atoms with Gasteiger partial charge in [-0.2, -0.15) is 0 Å². The van der Waals surface area contributed by atoms with Crippen LogP contribution in [0.1, 0.15) is 149 Å². The van der Waals surface area contributed by atoms with Gasteiger partial charge in [-0.15, -0.1) is 0 Å². The second-order valence-electron chi connectivity index (χ2n) is 11.1. The molecule has 0 rings (SSSR count). The fraction of sp³-hybridized carbons (Fsp3) is 0.771. The van der Waals surface area contributed by atoms with Gasteiger partial charge in [-0.05, 0) is 38.5 Å². The van der Waals surface area contributed by atoms with Gasteiger partial charge in [0.15, 0.2) is 6.10 Å². The van der Waals surface area contributed by atoms with Gasteiger partial charge in [0.2, 0.25) is 0 Å². The Morgan fingerprint density at radius 2 is 1.27 bits per heavy atom. The van der Waals surface area contributed by atoms with E-state index in [2.05, 4.69) is 32.1 Å². The zero-order valence-electron chi connectivity index (χ0n) is 26.4. The molecule has 0 fully saturated rings. The first-order valence-electron chi connectivity index (χ1n) is 16.7. The first kappa shape index (κ1) is 39.1. The van der Waals surface area contributed by atoms with Crippen LogP contribution in [0.3, 0.4) is 0 Å². The summed E-state index contributed by atoms with van der Waals surface area (Å²) in [6.45, 7) is 3.92. The lowest BCUT2D eigenvalue weighted by Crippen LogP contribution is -2.28. The molecule has 0 heterocycles. The fourth-order valence-electron chi connectivity index (χ4n) is 4.44. The quantitative estimate of drug-likeness (QED) is 0.0399. The summed E-state index contributed by atoms with van der Waals surface area (Å²) in [5.41, 5.74) is 0. The zero-order valence-corrected chi connectivity index (χ0v) is 26.4. The van der Waals surface area contributed by atoms with Crippen LogP contribution in [0, 0.1) is 0 Å². The molecular formula is C35H62O6. The van der Waals surface area contributed by atoms with E-state index >= 15 is 0 Å². The number of rotatable bonds is 29. The van der Waals surface area contributed by atoms with Crippen molar-refractivity contribution in [2.45, 2.75) is 161 Å². The third-order valence-corrected chi connectivity index (χ3v) is 7.04. The van der Waals surface area contributed by atoms with Crippen LogP contribution >= 0.6 is 0 Å². The normalized spacial score (nSPS) is 13.4. The Morgan fingerprint density at radius 3 is 1.90 bits per heavy atom. The predicted octanol–water partition coefficient (Wildman–Crippen LogP) is 8.70. The van der Waals surface area contributed by atoms with Crippen molar-refractivity contribution in [3.8, 4) is 0 Å². The molecule has 0 saturated carbocycles. The van der Waals surface area contributed by atoms with Gasteiger partial charge < -0.3 is 19.7 Å². The summed E-state index contributed by atoms with van der Waals surface area (Å²) < 4.78 is 10.4. The predicted molar refractivity (Wildman–Crippen MR) is 170 cm³/mol. The summed E-state index contributed by atoms with van der Waals surface area (Å²) in [5.74, 6) is -0.793. The molecule has 0 bridgehead atoms. The molecule has 238 valence electrons. The van der Waals surface area contributed by atoms with E-state index in [1.807, 2.05) is 12.2 Å². The van der Waals surface area contributed by atoms with Gasteiger partial charge in [0.25, 0.3) is 0 Å². The highest BCUT2D eigenvalue weighted by Gasteiger charge is 2.16. The molecule has 0 aliphatic rings. The standard InChI is InChI=1S/C35H62O6/c1-3-5-7-9-11-13-14-15-16-18-19-21-23-26-32(37)27-25-29-35(39)41-33(30-36)31-40-34(38)28-24-22-20-17-12-10-8-6-4-2/h15-16,19,21,23,26,32-33,36-37H,3-14,17-18,20,22,24-25,27-31H2,1-2H3/b16-15+,21-19+,26-23+/t32?,33-/m0/s1. The molecule has 41 heavy (non-hydrogen) atoms. The van der Waals surface area contributed by atoms with Crippen LogP contribution in [0.15, 0.2) is 36.5 Å². The Morgan fingerprint density at radius 1 is 0.683 bits per heavy atom. The monoisotopic (exact) mass is 578 g/mol. The first-order chi connectivity index (χ1) is 20.0. The molecule has 0 aliphatic carbocycles. The number of unbranched alkanes of at least 4 members (excludes halogenated alkanes) is 14. The van der Waals surface area contributed by atoms with Gasteiger partial charge in [-0.3, -0.25) is 9.59 Å². The lowest BCUT2D eigenvalue weighted by atomic mass is 10.1. The van der Waals surface area contributed by atoms with Crippen LogP contribution in [-0.4, -0.2) is 47.6 Å². The molecule has 0 aromatic rings. The Labute approximate surface area is 251 Å². The first-order valence-corrected chi connectivity index (χ1v) is 16.7. The van der Waals surface area contributed by atoms with Gasteiger partial charge in [0.1, 0.15) is 6.61 Å². The largest absolute Gasteiger partial charge is 0.462 e. The smallest absolute Gasteiger partial charge is 0.306 e. The summed E-state index contributed by atoms with van der Waals surface area (Å²) >= 11 is 0. The number of hydrogen-bond acceptors (Lipinski definition) is 6. The van der Waals surface area contributed by atoms with E-state index in [4.69, 9.17) is 9.47 Å². The molecule has 6 heteroatoms. The molecule has 0 radical (unpaired) electrons. The molecule has 0 saturated heterocycles. The van der Waals surface area contributed by atoms with Crippen LogP contribution in [0.5, 0.6) is 0 Å². The van der Waals surface area contributed by atoms with Crippen molar-refractivity contribution in [2.24, 2.45) is 0 Å². The SMILES string of the molecule is CCCCCCCC/C=C/C/C=C/C=C/C(O)CCCC(=O)O[C@@H](CO)COC(=O)CCCCCCCCCCC. The Hall–Kier alpha value is -1.92. The Kier molecular flexibility index (Phi) is 29.6. The fourth-order valence-corrected chi connectivity index (χ4v) is 4.44. The number of aliphatic hydroxyl groups is 2. The van der Waals surface area contributed by atoms with Crippen molar-refractivity contribution < 1.29 is 29.3 Å². The molecule has 0 amide bonds. The number of ether oxygens (including phenoxy) is 2. The number of esters is 2. The molecule has 2 N–H and O–H groups in total. The molecule has 0 aliphatic heterocycles. The molecule has 2 atom stereocenters. The number of carbonyl (C=O) groups excluding carboxylic acids is 2. The van der Waals surface area contributed by atoms with Crippen LogP contribution in [0.2, 0.25) is 0 Å². The lowest BCUT2D eigenvalue weighted by Gasteiger charge is -2.16. The number of allylic oxidation sites excluding steroid dienone is 5. The van der Waals surface area contributed by atoms with E-state index in [1.54, 1.807) is 6.08 Å². The van der Waals surface area contributed by atoms with Gasteiger partial charge in [0.05, 0.1) is 12.7 Å². The van der Waals surface area contributed by atoms with Gasteiger partial charge in [0, 0.05) is 12.8 Å². The minimum Gasteiger partial charge on any atom is -0.462 e. The van der Waals surface area contributed by atoms with E-state index in [9.17, 15) is 19.8 Å². The van der Waals surface area contributed by atoms with Crippen molar-refractivity contribution in [1.82, 2.24) is 0 Å². The molecule has 6 nitrogen and oxygen atoms in total. The summed E-state index contributed by atoms with van der Waals surface area (Å²) in [6, 6.07) is 0. The van der Waals surface area contributed by atoms with Crippen molar-refractivity contribution in [2.75, 3.05) is 13.2 Å². The highest BCUT2D eigenvalue weighted by Crippen LogP contribution is 2.11. The number of carbonyl (C=O) groups is 2. The van der Waals surface area contributed by atoms with Crippen LogP contribution in [0.4, 0.5) is 0 Å². The minimum atomic E-state index is -0.857. The highest BCUT2D eigenvalue weighted by molar-refractivity contribution is 5.70. The topological polar surface area (TPSA) is 93.1 Å². The van der Waals surface area contributed by atoms with E-state index < -0.39 is 24.8 Å². The third-order valence-electron chi connectivity index (χ3n) is 7.04. The summed E-state index contributed by atoms with van der Waals surface area (Å²) in [7, 11) is 0. The number of hydrogen-bond donors (Lipinski definition) is 2. The molecular weight excluding hydrogens is 516 g/mol. The summed E-state index contributed by atoms with van der Waals surface area (Å²) in [6.07, 6.45) is 32.4. The van der Waals surface area contributed by atoms with E-state index in [0.29, 0.717) is 19.3 Å². The molecule has 0 aromatic carbocycles.